The average molecular weight is 208 g/mol. The molecule has 0 aliphatic heterocycles. The first kappa shape index (κ1) is 10.0. The molecule has 1 aromatic rings. The van der Waals surface area contributed by atoms with Crippen molar-refractivity contribution >= 4 is 11.5 Å². The molecule has 5 heteroatoms. The van der Waals surface area contributed by atoms with Crippen molar-refractivity contribution in [3.8, 4) is 5.88 Å². The van der Waals surface area contributed by atoms with Crippen molar-refractivity contribution in [2.75, 3.05) is 17.7 Å². The van der Waals surface area contributed by atoms with Gasteiger partial charge in [0.15, 0.2) is 5.82 Å². The van der Waals surface area contributed by atoms with E-state index in [0.717, 1.165) is 12.8 Å². The summed E-state index contributed by atoms with van der Waals surface area (Å²) in [4.78, 5) is 8.10. The molecule has 0 radical (unpaired) electrons. The Kier molecular flexibility index (Phi) is 2.38. The predicted octanol–water partition coefficient (Wildman–Crippen LogP) is 1.42. The maximum absolute atomic E-state index is 5.89. The molecule has 82 valence electrons. The van der Waals surface area contributed by atoms with E-state index in [0.29, 0.717) is 24.0 Å². The molecule has 0 aromatic carbocycles. The molecule has 0 spiro atoms. The van der Waals surface area contributed by atoms with E-state index in [2.05, 4.69) is 22.2 Å². The van der Waals surface area contributed by atoms with Crippen LogP contribution in [0.25, 0.3) is 0 Å². The van der Waals surface area contributed by atoms with Crippen LogP contribution in [0.4, 0.5) is 11.5 Å². The highest BCUT2D eigenvalue weighted by Gasteiger charge is 2.38. The molecule has 0 bridgehead atoms. The van der Waals surface area contributed by atoms with Crippen molar-refractivity contribution in [1.29, 1.82) is 0 Å². The fraction of sp³-hybridized carbons (Fsp3) is 0.600. The number of hydrogen-bond acceptors (Lipinski definition) is 5. The van der Waals surface area contributed by atoms with Crippen LogP contribution >= 0.6 is 0 Å². The van der Waals surface area contributed by atoms with Crippen LogP contribution < -0.4 is 15.8 Å². The number of ether oxygens (including phenoxy) is 1. The van der Waals surface area contributed by atoms with Crippen molar-refractivity contribution in [3.05, 3.63) is 6.33 Å². The number of rotatable bonds is 4. The first-order valence-corrected chi connectivity index (χ1v) is 5.16. The fourth-order valence-corrected chi connectivity index (χ4v) is 1.33. The van der Waals surface area contributed by atoms with E-state index in [1.807, 2.05) is 6.92 Å². The molecule has 5 nitrogen and oxygen atoms in total. The minimum atomic E-state index is 0.159. The van der Waals surface area contributed by atoms with E-state index in [1.54, 1.807) is 0 Å². The van der Waals surface area contributed by atoms with E-state index < -0.39 is 0 Å². The molecule has 0 amide bonds. The van der Waals surface area contributed by atoms with Crippen molar-refractivity contribution in [2.24, 2.45) is 0 Å². The second-order valence-electron chi connectivity index (χ2n) is 4.06. The van der Waals surface area contributed by atoms with E-state index in [-0.39, 0.29) is 5.54 Å². The summed E-state index contributed by atoms with van der Waals surface area (Å²) in [6.07, 6.45) is 3.77. The first-order chi connectivity index (χ1) is 7.14. The van der Waals surface area contributed by atoms with Gasteiger partial charge < -0.3 is 15.8 Å². The minimum Gasteiger partial charge on any atom is -0.476 e. The molecule has 1 aliphatic carbocycles. The lowest BCUT2D eigenvalue weighted by Gasteiger charge is -2.15. The van der Waals surface area contributed by atoms with Gasteiger partial charge in [0.1, 0.15) is 12.0 Å². The summed E-state index contributed by atoms with van der Waals surface area (Å²) >= 11 is 0. The summed E-state index contributed by atoms with van der Waals surface area (Å²) in [5, 5.41) is 3.30. The van der Waals surface area contributed by atoms with Gasteiger partial charge in [-0.3, -0.25) is 0 Å². The smallest absolute Gasteiger partial charge is 0.242 e. The van der Waals surface area contributed by atoms with Crippen LogP contribution in [0.15, 0.2) is 6.33 Å². The zero-order valence-electron chi connectivity index (χ0n) is 9.08. The molecule has 1 saturated carbocycles. The van der Waals surface area contributed by atoms with Crippen molar-refractivity contribution in [2.45, 2.75) is 32.2 Å². The Morgan fingerprint density at radius 1 is 1.53 bits per heavy atom. The number of hydrogen-bond donors (Lipinski definition) is 2. The zero-order chi connectivity index (χ0) is 10.9. The van der Waals surface area contributed by atoms with Crippen molar-refractivity contribution in [1.82, 2.24) is 9.97 Å². The zero-order valence-corrected chi connectivity index (χ0v) is 9.08. The maximum atomic E-state index is 5.89. The molecule has 1 aromatic heterocycles. The Bertz CT molecular complexity index is 362. The van der Waals surface area contributed by atoms with Gasteiger partial charge in [-0.05, 0) is 26.7 Å². The molecule has 1 aliphatic rings. The SMILES string of the molecule is CCOc1ncnc(NC2(C)CC2)c1N. The van der Waals surface area contributed by atoms with Gasteiger partial charge in [0.2, 0.25) is 5.88 Å². The average Bonchev–Trinajstić information content (AvgIpc) is 2.91. The molecule has 1 fully saturated rings. The minimum absolute atomic E-state index is 0.159. The number of nitrogens with two attached hydrogens (primary N) is 1. The third-order valence-corrected chi connectivity index (χ3v) is 2.55. The van der Waals surface area contributed by atoms with Gasteiger partial charge in [0, 0.05) is 5.54 Å². The fourth-order valence-electron chi connectivity index (χ4n) is 1.33. The highest BCUT2D eigenvalue weighted by Crippen LogP contribution is 2.39. The summed E-state index contributed by atoms with van der Waals surface area (Å²) in [6.45, 7) is 4.60. The molecule has 0 unspecified atom stereocenters. The molecular weight excluding hydrogens is 192 g/mol. The van der Waals surface area contributed by atoms with Crippen molar-refractivity contribution < 1.29 is 4.74 Å². The topological polar surface area (TPSA) is 73.1 Å². The second-order valence-corrected chi connectivity index (χ2v) is 4.06. The van der Waals surface area contributed by atoms with E-state index >= 15 is 0 Å². The monoisotopic (exact) mass is 208 g/mol. The summed E-state index contributed by atoms with van der Waals surface area (Å²) in [6, 6.07) is 0. The molecule has 2 rings (SSSR count). The molecule has 0 saturated heterocycles. The van der Waals surface area contributed by atoms with Crippen LogP contribution in [0.3, 0.4) is 0 Å². The standard InChI is InChI=1S/C10H16N4O/c1-3-15-9-7(11)8(12-6-13-9)14-10(2)4-5-10/h6H,3-5,11H2,1-2H3,(H,12,13,14). The third kappa shape index (κ3) is 2.11. The van der Waals surface area contributed by atoms with Gasteiger partial charge in [0.05, 0.1) is 6.61 Å². The van der Waals surface area contributed by atoms with Crippen LogP contribution in [-0.4, -0.2) is 22.1 Å². The van der Waals surface area contributed by atoms with Crippen molar-refractivity contribution in [3.63, 3.8) is 0 Å². The Labute approximate surface area is 89.1 Å². The molecule has 1 heterocycles. The van der Waals surface area contributed by atoms with Crippen LogP contribution in [0, 0.1) is 0 Å². The van der Waals surface area contributed by atoms with Gasteiger partial charge in [-0.25, -0.2) is 4.98 Å². The highest BCUT2D eigenvalue weighted by molar-refractivity contribution is 5.67. The van der Waals surface area contributed by atoms with Gasteiger partial charge in [-0.1, -0.05) is 0 Å². The lowest BCUT2D eigenvalue weighted by atomic mass is 10.3. The molecule has 15 heavy (non-hydrogen) atoms. The van der Waals surface area contributed by atoms with Crippen LogP contribution in [0.2, 0.25) is 0 Å². The number of nitrogen functional groups attached to an aromatic ring is 1. The van der Waals surface area contributed by atoms with Crippen LogP contribution in [0.5, 0.6) is 5.88 Å². The quantitative estimate of drug-likeness (QED) is 0.782. The summed E-state index contributed by atoms with van der Waals surface area (Å²) in [5.74, 6) is 1.13. The Hall–Kier alpha value is -1.52. The largest absolute Gasteiger partial charge is 0.476 e. The van der Waals surface area contributed by atoms with Gasteiger partial charge in [0.25, 0.3) is 0 Å². The van der Waals surface area contributed by atoms with E-state index in [9.17, 15) is 0 Å². The number of nitrogens with one attached hydrogen (secondary N) is 1. The first-order valence-electron chi connectivity index (χ1n) is 5.16. The van der Waals surface area contributed by atoms with Gasteiger partial charge in [-0.15, -0.1) is 0 Å². The van der Waals surface area contributed by atoms with E-state index in [1.165, 1.54) is 6.33 Å². The highest BCUT2D eigenvalue weighted by atomic mass is 16.5. The van der Waals surface area contributed by atoms with Crippen LogP contribution in [-0.2, 0) is 0 Å². The van der Waals surface area contributed by atoms with Gasteiger partial charge in [-0.2, -0.15) is 4.98 Å². The molecule has 3 N–H and O–H groups in total. The molecular formula is C10H16N4O. The lowest BCUT2D eigenvalue weighted by molar-refractivity contribution is 0.328. The second kappa shape index (κ2) is 3.56. The van der Waals surface area contributed by atoms with Gasteiger partial charge >= 0.3 is 0 Å². The Balaban J connectivity index is 2.19. The summed E-state index contributed by atoms with van der Waals surface area (Å²) in [7, 11) is 0. The maximum Gasteiger partial charge on any atom is 0.242 e. The van der Waals surface area contributed by atoms with E-state index in [4.69, 9.17) is 10.5 Å². The Morgan fingerprint density at radius 3 is 2.87 bits per heavy atom. The normalized spacial score (nSPS) is 17.2. The summed E-state index contributed by atoms with van der Waals surface area (Å²) < 4.78 is 5.30. The molecule has 0 atom stereocenters. The lowest BCUT2D eigenvalue weighted by Crippen LogP contribution is -2.18. The number of aromatic nitrogens is 2. The summed E-state index contributed by atoms with van der Waals surface area (Å²) in [5.41, 5.74) is 6.54. The third-order valence-electron chi connectivity index (χ3n) is 2.55. The Morgan fingerprint density at radius 2 is 2.27 bits per heavy atom. The van der Waals surface area contributed by atoms with Crippen LogP contribution in [0.1, 0.15) is 26.7 Å². The number of nitrogens with zero attached hydrogens (tertiary/aromatic N) is 2. The predicted molar refractivity (Wildman–Crippen MR) is 58.9 cm³/mol. The number of anilines is 2.